The molecule has 0 atom stereocenters. The Kier molecular flexibility index (Phi) is 6.01. The van der Waals surface area contributed by atoms with Crippen LogP contribution in [0.3, 0.4) is 0 Å². The van der Waals surface area contributed by atoms with Crippen molar-refractivity contribution in [1.29, 1.82) is 5.26 Å². The highest BCUT2D eigenvalue weighted by atomic mass is 14.8. The minimum absolute atomic E-state index is 0.625. The molecule has 0 saturated carbocycles. The van der Waals surface area contributed by atoms with Gasteiger partial charge in [0.1, 0.15) is 0 Å². The van der Waals surface area contributed by atoms with E-state index in [1.54, 1.807) is 0 Å². The molecular formula is C6H12N2. The maximum atomic E-state index is 8.08. The van der Waals surface area contributed by atoms with E-state index in [1.165, 1.54) is 0 Å². The third kappa shape index (κ3) is 5.45. The molecule has 0 bridgehead atoms. The van der Waals surface area contributed by atoms with Gasteiger partial charge in [0.05, 0.1) is 6.07 Å². The van der Waals surface area contributed by atoms with Gasteiger partial charge in [-0.15, -0.1) is 0 Å². The fourth-order valence-corrected chi connectivity index (χ4v) is 0.446. The summed E-state index contributed by atoms with van der Waals surface area (Å²) in [4.78, 5) is 0. The molecule has 0 spiro atoms. The zero-order valence-corrected chi connectivity index (χ0v) is 5.28. The van der Waals surface area contributed by atoms with E-state index in [1.807, 2.05) is 0 Å². The Balaban J connectivity index is 2.65. The van der Waals surface area contributed by atoms with Crippen LogP contribution in [0.2, 0.25) is 0 Å². The number of hydrogen-bond donors (Lipinski definition) is 1. The van der Waals surface area contributed by atoms with Gasteiger partial charge in [-0.05, 0) is 13.0 Å². The van der Waals surface area contributed by atoms with Crippen LogP contribution in [0.5, 0.6) is 0 Å². The van der Waals surface area contributed by atoms with Crippen molar-refractivity contribution in [2.24, 2.45) is 0 Å². The van der Waals surface area contributed by atoms with Crippen molar-refractivity contribution < 1.29 is 0 Å². The van der Waals surface area contributed by atoms with Gasteiger partial charge in [-0.1, -0.05) is 6.92 Å². The minimum Gasteiger partial charge on any atom is -0.316 e. The first kappa shape index (κ1) is 7.45. The van der Waals surface area contributed by atoms with Crippen molar-refractivity contribution in [2.75, 3.05) is 13.1 Å². The number of rotatable bonds is 4. The van der Waals surface area contributed by atoms with E-state index in [0.717, 1.165) is 19.5 Å². The molecule has 0 unspecified atom stereocenters. The molecule has 2 heteroatoms. The SMILES string of the molecule is CCCNCCC#N. The fourth-order valence-electron chi connectivity index (χ4n) is 0.446. The van der Waals surface area contributed by atoms with Crippen LogP contribution in [-0.2, 0) is 0 Å². The molecule has 2 nitrogen and oxygen atoms in total. The molecule has 0 aliphatic heterocycles. The molecule has 0 heterocycles. The minimum atomic E-state index is 0.625. The quantitative estimate of drug-likeness (QED) is 0.548. The largest absolute Gasteiger partial charge is 0.316 e. The van der Waals surface area contributed by atoms with Crippen LogP contribution in [0, 0.1) is 11.3 Å². The number of nitrogens with zero attached hydrogens (tertiary/aromatic N) is 1. The fraction of sp³-hybridized carbons (Fsp3) is 0.833. The molecule has 0 aromatic rings. The Morgan fingerprint density at radius 3 is 2.75 bits per heavy atom. The molecule has 8 heavy (non-hydrogen) atoms. The highest BCUT2D eigenvalue weighted by molar-refractivity contribution is 4.69. The van der Waals surface area contributed by atoms with Gasteiger partial charge in [0.25, 0.3) is 0 Å². The van der Waals surface area contributed by atoms with Gasteiger partial charge < -0.3 is 5.32 Å². The normalized spacial score (nSPS) is 8.50. The summed E-state index contributed by atoms with van der Waals surface area (Å²) in [6.07, 6.45) is 1.77. The first-order valence-corrected chi connectivity index (χ1v) is 2.99. The predicted molar refractivity (Wildman–Crippen MR) is 33.4 cm³/mol. The molecule has 0 rings (SSSR count). The molecule has 46 valence electrons. The lowest BCUT2D eigenvalue weighted by Crippen LogP contribution is -2.14. The average Bonchev–Trinajstić information content (AvgIpc) is 1.81. The van der Waals surface area contributed by atoms with Crippen LogP contribution in [0.1, 0.15) is 19.8 Å². The van der Waals surface area contributed by atoms with Crippen LogP contribution < -0.4 is 5.32 Å². The van der Waals surface area contributed by atoms with E-state index >= 15 is 0 Å². The van der Waals surface area contributed by atoms with Gasteiger partial charge in [0.15, 0.2) is 0 Å². The molecule has 0 saturated heterocycles. The van der Waals surface area contributed by atoms with Gasteiger partial charge in [0.2, 0.25) is 0 Å². The van der Waals surface area contributed by atoms with E-state index in [-0.39, 0.29) is 0 Å². The van der Waals surface area contributed by atoms with Gasteiger partial charge >= 0.3 is 0 Å². The summed E-state index contributed by atoms with van der Waals surface area (Å²) in [5.74, 6) is 0. The van der Waals surface area contributed by atoms with E-state index in [2.05, 4.69) is 18.3 Å². The third-order valence-corrected chi connectivity index (χ3v) is 0.840. The smallest absolute Gasteiger partial charge is 0.0635 e. The zero-order valence-electron chi connectivity index (χ0n) is 5.28. The van der Waals surface area contributed by atoms with E-state index in [4.69, 9.17) is 5.26 Å². The number of nitrogens with one attached hydrogen (secondary N) is 1. The summed E-state index contributed by atoms with van der Waals surface area (Å²) in [5, 5.41) is 11.2. The molecule has 0 aromatic carbocycles. The second-order valence-electron chi connectivity index (χ2n) is 1.66. The van der Waals surface area contributed by atoms with E-state index < -0.39 is 0 Å². The van der Waals surface area contributed by atoms with E-state index in [0.29, 0.717) is 6.42 Å². The monoisotopic (exact) mass is 112 g/mol. The summed E-state index contributed by atoms with van der Waals surface area (Å²) < 4.78 is 0. The average molecular weight is 112 g/mol. The van der Waals surface area contributed by atoms with Crippen molar-refractivity contribution in [2.45, 2.75) is 19.8 Å². The first-order valence-electron chi connectivity index (χ1n) is 2.99. The summed E-state index contributed by atoms with van der Waals surface area (Å²) in [7, 11) is 0. The second-order valence-corrected chi connectivity index (χ2v) is 1.66. The van der Waals surface area contributed by atoms with Crippen LogP contribution in [0.4, 0.5) is 0 Å². The lowest BCUT2D eigenvalue weighted by atomic mass is 10.4. The van der Waals surface area contributed by atoms with E-state index in [9.17, 15) is 0 Å². The summed E-state index contributed by atoms with van der Waals surface area (Å²) in [6, 6.07) is 2.06. The standard InChI is InChI=1S/C6H12N2/c1-2-5-8-6-3-4-7/h8H,2-3,5-6H2,1H3. The maximum Gasteiger partial charge on any atom is 0.0635 e. The number of hydrogen-bond acceptors (Lipinski definition) is 2. The lowest BCUT2D eigenvalue weighted by molar-refractivity contribution is 0.681. The van der Waals surface area contributed by atoms with Crippen molar-refractivity contribution in [3.63, 3.8) is 0 Å². The van der Waals surface area contributed by atoms with Gasteiger partial charge in [-0.3, -0.25) is 0 Å². The Hall–Kier alpha value is -0.550. The van der Waals surface area contributed by atoms with Crippen LogP contribution >= 0.6 is 0 Å². The predicted octanol–water partition coefficient (Wildman–Crippen LogP) is 0.900. The highest BCUT2D eigenvalue weighted by Crippen LogP contribution is 1.72. The molecule has 0 aliphatic rings. The summed E-state index contributed by atoms with van der Waals surface area (Å²) in [6.45, 7) is 3.98. The van der Waals surface area contributed by atoms with Crippen molar-refractivity contribution in [1.82, 2.24) is 5.32 Å². The van der Waals surface area contributed by atoms with Gasteiger partial charge in [-0.2, -0.15) is 5.26 Å². The molecule has 0 fully saturated rings. The molecule has 0 aromatic heterocycles. The Labute approximate surface area is 50.5 Å². The summed E-state index contributed by atoms with van der Waals surface area (Å²) in [5.41, 5.74) is 0. The zero-order chi connectivity index (χ0) is 6.24. The Morgan fingerprint density at radius 1 is 1.50 bits per heavy atom. The molecule has 1 N–H and O–H groups in total. The molecular weight excluding hydrogens is 100 g/mol. The maximum absolute atomic E-state index is 8.08. The Bertz CT molecular complexity index is 73.1. The van der Waals surface area contributed by atoms with Crippen LogP contribution in [0.15, 0.2) is 0 Å². The molecule has 0 aliphatic carbocycles. The Morgan fingerprint density at radius 2 is 2.25 bits per heavy atom. The van der Waals surface area contributed by atoms with Crippen molar-refractivity contribution in [3.05, 3.63) is 0 Å². The topological polar surface area (TPSA) is 35.8 Å². The van der Waals surface area contributed by atoms with Crippen molar-refractivity contribution in [3.8, 4) is 6.07 Å². The highest BCUT2D eigenvalue weighted by Gasteiger charge is 1.80. The van der Waals surface area contributed by atoms with Gasteiger partial charge in [0, 0.05) is 13.0 Å². The van der Waals surface area contributed by atoms with Crippen molar-refractivity contribution >= 4 is 0 Å². The molecule has 0 radical (unpaired) electrons. The lowest BCUT2D eigenvalue weighted by Gasteiger charge is -1.94. The molecule has 0 amide bonds. The third-order valence-electron chi connectivity index (χ3n) is 0.840. The van der Waals surface area contributed by atoms with Gasteiger partial charge in [-0.25, -0.2) is 0 Å². The van der Waals surface area contributed by atoms with Crippen LogP contribution in [-0.4, -0.2) is 13.1 Å². The van der Waals surface area contributed by atoms with Crippen LogP contribution in [0.25, 0.3) is 0 Å². The summed E-state index contributed by atoms with van der Waals surface area (Å²) >= 11 is 0. The second kappa shape index (κ2) is 6.45. The first-order chi connectivity index (χ1) is 3.91. The number of nitriles is 1.